The number of ether oxygens (including phenoxy) is 1. The first-order valence-electron chi connectivity index (χ1n) is 6.36. The van der Waals surface area contributed by atoms with Crippen LogP contribution in [0.2, 0.25) is 0 Å². The molecular formula is C10H11Li2N4O8P. The number of aromatic amines is 1. The summed E-state index contributed by atoms with van der Waals surface area (Å²) < 4.78 is 21.1. The Labute approximate surface area is 164 Å². The molecule has 0 amide bonds. The van der Waals surface area contributed by atoms with Gasteiger partial charge in [-0.15, -0.1) is 0 Å². The molecule has 1 fully saturated rings. The van der Waals surface area contributed by atoms with Gasteiger partial charge in [-0.3, -0.25) is 9.36 Å². The van der Waals surface area contributed by atoms with Crippen molar-refractivity contribution in [3.63, 3.8) is 0 Å². The van der Waals surface area contributed by atoms with Crippen LogP contribution in [-0.4, -0.2) is 54.7 Å². The van der Waals surface area contributed by atoms with Crippen molar-refractivity contribution < 1.29 is 71.5 Å². The predicted molar refractivity (Wildman–Crippen MR) is 67.6 cm³/mol. The average molecular weight is 364 g/mol. The third-order valence-electron chi connectivity index (χ3n) is 3.37. The molecule has 0 spiro atoms. The number of fused-ring (bicyclic) bond motifs is 1. The van der Waals surface area contributed by atoms with Crippen LogP contribution in [0, 0.1) is 0 Å². The summed E-state index contributed by atoms with van der Waals surface area (Å²) in [7, 11) is -5.24. The molecule has 3 N–H and O–H groups in total. The second kappa shape index (κ2) is 8.48. The van der Waals surface area contributed by atoms with E-state index >= 15 is 0 Å². The van der Waals surface area contributed by atoms with Crippen molar-refractivity contribution in [2.24, 2.45) is 0 Å². The molecule has 0 bridgehead atoms. The minimum Gasteiger partial charge on any atom is -0.790 e. The van der Waals surface area contributed by atoms with Gasteiger partial charge in [0.2, 0.25) is 0 Å². The molecule has 0 radical (unpaired) electrons. The molecule has 0 aliphatic carbocycles. The summed E-state index contributed by atoms with van der Waals surface area (Å²) in [4.78, 5) is 42.6. The van der Waals surface area contributed by atoms with Gasteiger partial charge in [0, 0.05) is 0 Å². The maximum Gasteiger partial charge on any atom is 1.00 e. The van der Waals surface area contributed by atoms with E-state index in [2.05, 4.69) is 19.5 Å². The number of aliphatic hydroxyl groups is 2. The van der Waals surface area contributed by atoms with Crippen molar-refractivity contribution in [1.82, 2.24) is 19.5 Å². The molecular weight excluding hydrogens is 353 g/mol. The van der Waals surface area contributed by atoms with Crippen LogP contribution in [0.4, 0.5) is 0 Å². The van der Waals surface area contributed by atoms with Gasteiger partial charge in [0.25, 0.3) is 5.56 Å². The van der Waals surface area contributed by atoms with Gasteiger partial charge >= 0.3 is 37.7 Å². The standard InChI is InChI=1S/C10H13N4O8P.2Li/c15-6-4(1-21-23(18,19)20)22-10(7(6)16)14-3-13-5-8(14)11-2-12-9(5)17;;/h2-4,6-7,10,15-16H,1H2,(H,11,12,17)(H2,18,19,20);;/q;2*+1/p-2/t4-,6-,7-,10-;;/m1../s1/i11+1,12+1,13+1,14+1;;. The van der Waals surface area contributed by atoms with Gasteiger partial charge in [-0.05, 0) is 0 Å². The third-order valence-corrected chi connectivity index (χ3v) is 3.84. The molecule has 0 saturated carbocycles. The number of phosphoric acid groups is 1. The van der Waals surface area contributed by atoms with E-state index in [0.29, 0.717) is 0 Å². The molecule has 25 heavy (non-hydrogen) atoms. The Balaban J connectivity index is 0.00000156. The van der Waals surface area contributed by atoms with Gasteiger partial charge < -0.3 is 38.8 Å². The van der Waals surface area contributed by atoms with Crippen LogP contribution >= 0.6 is 7.82 Å². The Bertz CT molecular complexity index is 825. The third kappa shape index (κ3) is 4.63. The second-order valence-electron chi connectivity index (χ2n) is 4.84. The minimum absolute atomic E-state index is 0. The molecule has 12 nitrogen and oxygen atoms in total. The van der Waals surface area contributed by atoms with Gasteiger partial charge in [0.05, 0.1) is 27.1 Å². The van der Waals surface area contributed by atoms with E-state index in [0.717, 1.165) is 6.33 Å². The first-order valence-corrected chi connectivity index (χ1v) is 7.82. The number of imidazole rings is 1. The topological polar surface area (TPSA) is 186 Å². The zero-order valence-electron chi connectivity index (χ0n) is 13.3. The zero-order valence-corrected chi connectivity index (χ0v) is 14.2. The number of phosphoric ester groups is 1. The summed E-state index contributed by atoms with van der Waals surface area (Å²) in [5.41, 5.74) is -0.397. The Morgan fingerprint density at radius 2 is 2.00 bits per heavy atom. The molecule has 3 rings (SSSR count). The normalized spacial score (nSPS) is 26.2. The number of aliphatic hydroxyl groups excluding tert-OH is 2. The smallest absolute Gasteiger partial charge is 0.790 e. The first kappa shape index (κ1) is 22.6. The number of hydrogen-bond donors (Lipinski definition) is 3. The quantitative estimate of drug-likeness (QED) is 0.347. The predicted octanol–water partition coefficient (Wildman–Crippen LogP) is -9.41. The van der Waals surface area contributed by atoms with E-state index in [1.165, 1.54) is 10.9 Å². The summed E-state index contributed by atoms with van der Waals surface area (Å²) in [6.45, 7) is -0.750. The zero-order chi connectivity index (χ0) is 16.8. The summed E-state index contributed by atoms with van der Waals surface area (Å²) in [6.07, 6.45) is -3.11. The molecule has 126 valence electrons. The molecule has 1 saturated heterocycles. The Morgan fingerprint density at radius 1 is 1.32 bits per heavy atom. The second-order valence-corrected chi connectivity index (χ2v) is 6.00. The number of hydrogen-bond acceptors (Lipinski definition) is 10. The molecule has 1 aliphatic rings. The SMILES string of the molecule is O=c1[15nH]c[15n]c2c1[15n]c[15n]2[C@@H]1O[C@H](COP(=O)([O-])[O-])[C@@H](O)[C@H]1O.[Li+].[Li+]. The monoisotopic (exact) mass is 364 g/mol. The molecule has 15 heteroatoms. The van der Waals surface area contributed by atoms with Crippen molar-refractivity contribution in [1.29, 1.82) is 0 Å². The van der Waals surface area contributed by atoms with Gasteiger partial charge in [0.15, 0.2) is 17.4 Å². The van der Waals surface area contributed by atoms with Crippen molar-refractivity contribution in [3.05, 3.63) is 23.0 Å². The average Bonchev–Trinajstić information content (AvgIpc) is 3.01. The van der Waals surface area contributed by atoms with E-state index in [1.807, 2.05) is 0 Å². The van der Waals surface area contributed by atoms with Crippen LogP contribution in [0.5, 0.6) is 0 Å². The van der Waals surface area contributed by atoms with Crippen LogP contribution in [0.1, 0.15) is 6.23 Å². The van der Waals surface area contributed by atoms with Gasteiger partial charge in [-0.2, -0.15) is 0 Å². The fourth-order valence-electron chi connectivity index (χ4n) is 2.31. The maximum absolute atomic E-state index is 11.6. The van der Waals surface area contributed by atoms with Crippen molar-refractivity contribution in [2.45, 2.75) is 24.5 Å². The van der Waals surface area contributed by atoms with Crippen molar-refractivity contribution in [3.8, 4) is 0 Å². The van der Waals surface area contributed by atoms with E-state index in [9.17, 15) is 29.4 Å². The molecule has 2 aromatic rings. The van der Waals surface area contributed by atoms with Gasteiger partial charge in [0.1, 0.15) is 18.3 Å². The molecule has 4 atom stereocenters. The van der Waals surface area contributed by atoms with Crippen LogP contribution in [0.25, 0.3) is 11.2 Å². The molecule has 3 heterocycles. The fourth-order valence-corrected chi connectivity index (χ4v) is 2.64. The van der Waals surface area contributed by atoms with E-state index in [1.54, 1.807) is 0 Å². The van der Waals surface area contributed by atoms with Crippen LogP contribution in [0.3, 0.4) is 0 Å². The van der Waals surface area contributed by atoms with Crippen LogP contribution in [0.15, 0.2) is 17.4 Å². The molecule has 0 aromatic carbocycles. The number of nitrogens with zero attached hydrogens (tertiary/aromatic N) is 3. The largest absolute Gasteiger partial charge is 1.00 e. The number of rotatable bonds is 4. The summed E-state index contributed by atoms with van der Waals surface area (Å²) in [5.74, 6) is 0. The molecule has 1 aliphatic heterocycles. The van der Waals surface area contributed by atoms with E-state index < -0.39 is 44.5 Å². The fraction of sp³-hybridized carbons (Fsp3) is 0.500. The Morgan fingerprint density at radius 3 is 2.64 bits per heavy atom. The van der Waals surface area contributed by atoms with E-state index in [4.69, 9.17) is 4.74 Å². The van der Waals surface area contributed by atoms with E-state index in [-0.39, 0.29) is 48.9 Å². The first-order chi connectivity index (χ1) is 10.8. The van der Waals surface area contributed by atoms with Gasteiger partial charge in [-0.1, -0.05) is 0 Å². The number of H-pyrrole nitrogens is 1. The van der Waals surface area contributed by atoms with Crippen molar-refractivity contribution in [2.75, 3.05) is 6.61 Å². The number of aromatic nitrogens is 4. The summed E-state index contributed by atoms with van der Waals surface area (Å²) >= 11 is 0. The summed E-state index contributed by atoms with van der Waals surface area (Å²) in [6, 6.07) is 0. The molecule has 0 unspecified atom stereocenters. The van der Waals surface area contributed by atoms with Crippen LogP contribution in [-0.2, 0) is 13.8 Å². The minimum atomic E-state index is -5.24. The molecule has 2 aromatic heterocycles. The van der Waals surface area contributed by atoms with Gasteiger partial charge in [-0.25, -0.2) is 9.97 Å². The summed E-state index contributed by atoms with van der Waals surface area (Å²) in [5, 5.41) is 19.9. The maximum atomic E-state index is 11.6. The van der Waals surface area contributed by atoms with Crippen molar-refractivity contribution >= 4 is 19.0 Å². The Kier molecular flexibility index (Phi) is 7.66. The number of nitrogens with one attached hydrogen (secondary N) is 1. The Hall–Kier alpha value is -0.465. The van der Waals surface area contributed by atoms with Crippen LogP contribution < -0.4 is 53.1 Å².